The molecule has 0 bridgehead atoms. The van der Waals surface area contributed by atoms with Crippen molar-refractivity contribution in [1.29, 1.82) is 0 Å². The van der Waals surface area contributed by atoms with Crippen molar-refractivity contribution in [2.24, 2.45) is 5.92 Å². The Hall–Kier alpha value is -4.01. The number of esters is 2. The van der Waals surface area contributed by atoms with Gasteiger partial charge in [0.2, 0.25) is 5.91 Å². The smallest absolute Gasteiger partial charge is 0.338 e. The summed E-state index contributed by atoms with van der Waals surface area (Å²) in [7, 11) is 0. The number of hydrogen-bond acceptors (Lipinski definition) is 7. The molecule has 0 aliphatic rings. The van der Waals surface area contributed by atoms with Crippen molar-refractivity contribution in [3.05, 3.63) is 59.7 Å². The summed E-state index contributed by atoms with van der Waals surface area (Å²) in [5.41, 5.74) is 1.80. The Morgan fingerprint density at radius 2 is 1.49 bits per heavy atom. The first kappa shape index (κ1) is 27.2. The van der Waals surface area contributed by atoms with Crippen LogP contribution in [0, 0.1) is 5.92 Å². The van der Waals surface area contributed by atoms with Crippen LogP contribution < -0.4 is 10.6 Å². The van der Waals surface area contributed by atoms with E-state index >= 15 is 0 Å². The number of rotatable bonds is 12. The van der Waals surface area contributed by atoms with Crippen molar-refractivity contribution in [3.8, 4) is 0 Å². The van der Waals surface area contributed by atoms with Crippen molar-refractivity contribution < 1.29 is 33.4 Å². The third-order valence-corrected chi connectivity index (χ3v) is 4.65. The first-order valence-electron chi connectivity index (χ1n) is 11.3. The highest BCUT2D eigenvalue weighted by Gasteiger charge is 2.12. The van der Waals surface area contributed by atoms with Gasteiger partial charge >= 0.3 is 11.9 Å². The van der Waals surface area contributed by atoms with E-state index in [-0.39, 0.29) is 36.9 Å². The van der Waals surface area contributed by atoms with Crippen molar-refractivity contribution in [3.63, 3.8) is 0 Å². The van der Waals surface area contributed by atoms with Crippen LogP contribution in [0.25, 0.3) is 0 Å². The van der Waals surface area contributed by atoms with E-state index in [9.17, 15) is 24.0 Å². The van der Waals surface area contributed by atoms with Crippen LogP contribution in [0.4, 0.5) is 11.4 Å². The zero-order valence-corrected chi connectivity index (χ0v) is 20.1. The Kier molecular flexibility index (Phi) is 10.6. The minimum Gasteiger partial charge on any atom is -0.462 e. The van der Waals surface area contributed by atoms with E-state index in [0.29, 0.717) is 29.1 Å². The van der Waals surface area contributed by atoms with Crippen molar-refractivity contribution >= 4 is 40.9 Å². The number of carbonyl (C=O) groups is 5. The molecule has 0 fully saturated rings. The minimum atomic E-state index is -0.602. The topological polar surface area (TPSA) is 128 Å². The molecule has 0 saturated carbocycles. The molecule has 2 aromatic rings. The van der Waals surface area contributed by atoms with Crippen LogP contribution in [0.5, 0.6) is 0 Å². The number of ether oxygens (including phenoxy) is 2. The van der Waals surface area contributed by atoms with E-state index in [0.717, 1.165) is 0 Å². The summed E-state index contributed by atoms with van der Waals surface area (Å²) in [6, 6.07) is 12.8. The van der Waals surface area contributed by atoms with Gasteiger partial charge in [0.05, 0.1) is 12.2 Å². The molecule has 0 aliphatic heterocycles. The number of ketones is 1. The third-order valence-electron chi connectivity index (χ3n) is 4.65. The molecule has 0 atom stereocenters. The molecule has 9 nitrogen and oxygen atoms in total. The number of anilines is 2. The number of hydrogen-bond donors (Lipinski definition) is 2. The lowest BCUT2D eigenvalue weighted by atomic mass is 10.1. The molecule has 0 aliphatic carbocycles. The van der Waals surface area contributed by atoms with Gasteiger partial charge < -0.3 is 20.1 Å². The lowest BCUT2D eigenvalue weighted by Crippen LogP contribution is -2.21. The Morgan fingerprint density at radius 1 is 0.800 bits per heavy atom. The molecule has 0 unspecified atom stereocenters. The van der Waals surface area contributed by atoms with Crippen molar-refractivity contribution in [1.82, 2.24) is 0 Å². The molecular weight excluding hydrogens is 452 g/mol. The average molecular weight is 483 g/mol. The second-order valence-corrected chi connectivity index (χ2v) is 8.32. The molecular formula is C26H30N2O7. The second-order valence-electron chi connectivity index (χ2n) is 8.32. The molecule has 0 spiro atoms. The molecule has 0 radical (unpaired) electrons. The third kappa shape index (κ3) is 10.2. The van der Waals surface area contributed by atoms with Crippen LogP contribution in [-0.4, -0.2) is 42.7 Å². The number of nitrogens with one attached hydrogen (secondary N) is 2. The predicted octanol–water partition coefficient (Wildman–Crippen LogP) is 3.99. The SMILES string of the molecule is CC(=O)c1cccc(NC(=O)CCCC(=O)OCC(=O)Nc2ccc(C(=O)OCC(C)C)cc2)c1. The Labute approximate surface area is 204 Å². The Balaban J connectivity index is 1.66. The highest BCUT2D eigenvalue weighted by Crippen LogP contribution is 2.13. The fourth-order valence-electron chi connectivity index (χ4n) is 2.86. The summed E-state index contributed by atoms with van der Waals surface area (Å²) >= 11 is 0. The van der Waals surface area contributed by atoms with E-state index < -0.39 is 24.5 Å². The summed E-state index contributed by atoms with van der Waals surface area (Å²) in [5, 5.41) is 5.25. The van der Waals surface area contributed by atoms with Crippen LogP contribution in [0.3, 0.4) is 0 Å². The molecule has 2 amide bonds. The number of amides is 2. The maximum Gasteiger partial charge on any atom is 0.338 e. The van der Waals surface area contributed by atoms with Crippen LogP contribution in [0.1, 0.15) is 60.7 Å². The van der Waals surface area contributed by atoms with Gasteiger partial charge in [0.15, 0.2) is 12.4 Å². The van der Waals surface area contributed by atoms with Gasteiger partial charge in [0.1, 0.15) is 0 Å². The second kappa shape index (κ2) is 13.6. The molecule has 0 saturated heterocycles. The largest absolute Gasteiger partial charge is 0.462 e. The quantitative estimate of drug-likeness (QED) is 0.346. The molecule has 9 heteroatoms. The summed E-state index contributed by atoms with van der Waals surface area (Å²) in [6.07, 6.45) is 0.298. The number of carbonyl (C=O) groups excluding carboxylic acids is 5. The van der Waals surface area contributed by atoms with Gasteiger partial charge in [-0.15, -0.1) is 0 Å². The maximum atomic E-state index is 12.0. The lowest BCUT2D eigenvalue weighted by molar-refractivity contribution is -0.147. The summed E-state index contributed by atoms with van der Waals surface area (Å²) in [5.74, 6) is -1.75. The van der Waals surface area contributed by atoms with Gasteiger partial charge in [0, 0.05) is 29.8 Å². The van der Waals surface area contributed by atoms with Crippen LogP contribution >= 0.6 is 0 Å². The zero-order chi connectivity index (χ0) is 25.8. The monoisotopic (exact) mass is 482 g/mol. The summed E-state index contributed by atoms with van der Waals surface area (Å²) in [6.45, 7) is 5.17. The standard InChI is InChI=1S/C26H30N2O7/c1-17(2)15-35-26(33)19-10-12-21(13-11-19)27-24(31)16-34-25(32)9-5-8-23(30)28-22-7-4-6-20(14-22)18(3)29/h4,6-7,10-14,17H,5,8-9,15-16H2,1-3H3,(H,27,31)(H,28,30). The normalized spacial score (nSPS) is 10.4. The summed E-state index contributed by atoms with van der Waals surface area (Å²) in [4.78, 5) is 59.2. The molecule has 2 N–H and O–H groups in total. The first-order chi connectivity index (χ1) is 16.6. The van der Waals surface area contributed by atoms with E-state index in [1.165, 1.54) is 19.1 Å². The average Bonchev–Trinajstić information content (AvgIpc) is 2.81. The van der Waals surface area contributed by atoms with Crippen molar-refractivity contribution in [2.45, 2.75) is 40.0 Å². The van der Waals surface area contributed by atoms with Gasteiger partial charge in [-0.2, -0.15) is 0 Å². The Morgan fingerprint density at radius 3 is 2.14 bits per heavy atom. The highest BCUT2D eigenvalue weighted by atomic mass is 16.5. The molecule has 2 aromatic carbocycles. The first-order valence-corrected chi connectivity index (χ1v) is 11.3. The van der Waals surface area contributed by atoms with E-state index in [1.54, 1.807) is 36.4 Å². The molecule has 35 heavy (non-hydrogen) atoms. The fourth-order valence-corrected chi connectivity index (χ4v) is 2.86. The lowest BCUT2D eigenvalue weighted by Gasteiger charge is -2.09. The Bertz CT molecular complexity index is 1060. The van der Waals surface area contributed by atoms with Crippen molar-refractivity contribution in [2.75, 3.05) is 23.8 Å². The van der Waals surface area contributed by atoms with E-state index in [1.807, 2.05) is 13.8 Å². The zero-order valence-electron chi connectivity index (χ0n) is 20.1. The minimum absolute atomic E-state index is 0.0264. The molecule has 0 aromatic heterocycles. The number of benzene rings is 2. The van der Waals surface area contributed by atoms with Gasteiger partial charge in [-0.3, -0.25) is 19.2 Å². The van der Waals surface area contributed by atoms with Gasteiger partial charge in [-0.1, -0.05) is 26.0 Å². The van der Waals surface area contributed by atoms with Crippen LogP contribution in [0.2, 0.25) is 0 Å². The van der Waals surface area contributed by atoms with Gasteiger partial charge in [-0.05, 0) is 55.7 Å². The van der Waals surface area contributed by atoms with Gasteiger partial charge in [-0.25, -0.2) is 4.79 Å². The maximum absolute atomic E-state index is 12.0. The highest BCUT2D eigenvalue weighted by molar-refractivity contribution is 5.97. The van der Waals surface area contributed by atoms with E-state index in [2.05, 4.69) is 10.6 Å². The van der Waals surface area contributed by atoms with Crippen LogP contribution in [0.15, 0.2) is 48.5 Å². The molecule has 0 heterocycles. The fraction of sp³-hybridized carbons (Fsp3) is 0.346. The van der Waals surface area contributed by atoms with Gasteiger partial charge in [0.25, 0.3) is 5.91 Å². The molecule has 186 valence electrons. The number of Topliss-reactive ketones (excluding diaryl/α,β-unsaturated/α-hetero) is 1. The van der Waals surface area contributed by atoms with Crippen LogP contribution in [-0.2, 0) is 23.9 Å². The summed E-state index contributed by atoms with van der Waals surface area (Å²) < 4.78 is 10.1. The van der Waals surface area contributed by atoms with E-state index in [4.69, 9.17) is 9.47 Å². The predicted molar refractivity (Wildman–Crippen MR) is 130 cm³/mol. The molecule has 2 rings (SSSR count).